The van der Waals surface area contributed by atoms with Gasteiger partial charge >= 0.3 is 0 Å². The molecule has 52 valence electrons. The molecule has 0 atom stereocenters. The van der Waals surface area contributed by atoms with Crippen LogP contribution in [-0.4, -0.2) is 29.9 Å². The van der Waals surface area contributed by atoms with Crippen LogP contribution in [0.25, 0.3) is 0 Å². The van der Waals surface area contributed by atoms with Gasteiger partial charge in [0, 0.05) is 12.6 Å². The van der Waals surface area contributed by atoms with E-state index in [4.69, 9.17) is 0 Å². The number of amidine groups is 1. The first kappa shape index (κ1) is 6.59. The Kier molecular flexibility index (Phi) is 1.74. The predicted octanol–water partition coefficient (Wildman–Crippen LogP) is 1.13. The topological polar surface area (TPSA) is 15.6 Å². The van der Waals surface area contributed by atoms with Crippen molar-refractivity contribution in [2.45, 2.75) is 26.8 Å². The summed E-state index contributed by atoms with van der Waals surface area (Å²) in [6, 6.07) is 0.622. The van der Waals surface area contributed by atoms with Crippen molar-refractivity contribution in [3.05, 3.63) is 0 Å². The number of aliphatic imine (C=N–C) groups is 1. The summed E-state index contributed by atoms with van der Waals surface area (Å²) in [7, 11) is 0. The van der Waals surface area contributed by atoms with Gasteiger partial charge in [0.25, 0.3) is 0 Å². The van der Waals surface area contributed by atoms with E-state index in [1.807, 2.05) is 0 Å². The molecule has 0 saturated carbocycles. The van der Waals surface area contributed by atoms with Gasteiger partial charge in [0.15, 0.2) is 0 Å². The van der Waals surface area contributed by atoms with Crippen molar-refractivity contribution >= 4 is 5.84 Å². The van der Waals surface area contributed by atoms with Gasteiger partial charge in [-0.1, -0.05) is 0 Å². The Hall–Kier alpha value is -0.530. The number of rotatable bonds is 1. The van der Waals surface area contributed by atoms with Crippen molar-refractivity contribution in [2.24, 2.45) is 4.99 Å². The van der Waals surface area contributed by atoms with Crippen molar-refractivity contribution in [2.75, 3.05) is 13.1 Å². The van der Waals surface area contributed by atoms with Crippen molar-refractivity contribution < 1.29 is 0 Å². The van der Waals surface area contributed by atoms with Gasteiger partial charge in [0.2, 0.25) is 0 Å². The largest absolute Gasteiger partial charge is 0.356 e. The predicted molar refractivity (Wildman–Crippen MR) is 39.8 cm³/mol. The lowest BCUT2D eigenvalue weighted by Gasteiger charge is -2.22. The molecule has 0 aromatic heterocycles. The maximum absolute atomic E-state index is 4.28. The van der Waals surface area contributed by atoms with E-state index in [9.17, 15) is 0 Å². The summed E-state index contributed by atoms with van der Waals surface area (Å²) >= 11 is 0. The van der Waals surface area contributed by atoms with Crippen LogP contribution in [0, 0.1) is 0 Å². The third-order valence-electron chi connectivity index (χ3n) is 1.72. The SMILES string of the molecule is CC1=NCCN1C(C)C. The Morgan fingerprint density at radius 2 is 2.22 bits per heavy atom. The molecule has 0 N–H and O–H groups in total. The van der Waals surface area contributed by atoms with E-state index in [0.717, 1.165) is 13.1 Å². The molecule has 2 heteroatoms. The van der Waals surface area contributed by atoms with Crippen LogP contribution >= 0.6 is 0 Å². The molecule has 0 unspecified atom stereocenters. The van der Waals surface area contributed by atoms with E-state index in [0.29, 0.717) is 6.04 Å². The second kappa shape index (κ2) is 2.38. The van der Waals surface area contributed by atoms with Crippen LogP contribution in [0.5, 0.6) is 0 Å². The van der Waals surface area contributed by atoms with Crippen LogP contribution in [-0.2, 0) is 0 Å². The lowest BCUT2D eigenvalue weighted by Crippen LogP contribution is -2.32. The van der Waals surface area contributed by atoms with Crippen LogP contribution in [0.15, 0.2) is 4.99 Å². The summed E-state index contributed by atoms with van der Waals surface area (Å²) in [5, 5.41) is 0. The second-order valence-corrected chi connectivity index (χ2v) is 2.72. The molecule has 0 bridgehead atoms. The normalized spacial score (nSPS) is 19.1. The molecule has 0 radical (unpaired) electrons. The van der Waals surface area contributed by atoms with Gasteiger partial charge < -0.3 is 4.90 Å². The Morgan fingerprint density at radius 3 is 2.44 bits per heavy atom. The molecular formula is C7H14N2. The van der Waals surface area contributed by atoms with E-state index < -0.39 is 0 Å². The fourth-order valence-corrected chi connectivity index (χ4v) is 1.20. The van der Waals surface area contributed by atoms with E-state index in [1.54, 1.807) is 0 Å². The molecule has 1 rings (SSSR count). The van der Waals surface area contributed by atoms with E-state index >= 15 is 0 Å². The van der Waals surface area contributed by atoms with Gasteiger partial charge in [0.05, 0.1) is 12.4 Å². The number of nitrogens with zero attached hydrogens (tertiary/aromatic N) is 2. The summed E-state index contributed by atoms with van der Waals surface area (Å²) in [6.45, 7) is 8.58. The molecule has 0 aromatic rings. The van der Waals surface area contributed by atoms with E-state index in [-0.39, 0.29) is 0 Å². The maximum Gasteiger partial charge on any atom is 0.0961 e. The zero-order valence-corrected chi connectivity index (χ0v) is 6.39. The summed E-state index contributed by atoms with van der Waals surface area (Å²) in [6.07, 6.45) is 0. The molecule has 0 spiro atoms. The van der Waals surface area contributed by atoms with Gasteiger partial charge in [-0.15, -0.1) is 0 Å². The first-order valence-electron chi connectivity index (χ1n) is 3.49. The molecule has 0 saturated heterocycles. The first-order chi connectivity index (χ1) is 4.22. The quantitative estimate of drug-likeness (QED) is 0.514. The Bertz CT molecular complexity index is 127. The molecule has 0 aliphatic carbocycles. The lowest BCUT2D eigenvalue weighted by atomic mass is 10.3. The average Bonchev–Trinajstić information content (AvgIpc) is 2.13. The minimum atomic E-state index is 0.622. The van der Waals surface area contributed by atoms with Gasteiger partial charge in [-0.05, 0) is 20.8 Å². The fraction of sp³-hybridized carbons (Fsp3) is 0.857. The molecule has 0 aromatic carbocycles. The van der Waals surface area contributed by atoms with Gasteiger partial charge in [-0.2, -0.15) is 0 Å². The van der Waals surface area contributed by atoms with Crippen molar-refractivity contribution in [3.8, 4) is 0 Å². The fourth-order valence-electron chi connectivity index (χ4n) is 1.20. The van der Waals surface area contributed by atoms with Crippen molar-refractivity contribution in [1.29, 1.82) is 0 Å². The summed E-state index contributed by atoms with van der Waals surface area (Å²) < 4.78 is 0. The molecule has 2 nitrogen and oxygen atoms in total. The number of hydrogen-bond acceptors (Lipinski definition) is 2. The molecule has 1 aliphatic heterocycles. The third kappa shape index (κ3) is 1.23. The van der Waals surface area contributed by atoms with Crippen LogP contribution < -0.4 is 0 Å². The standard InChI is InChI=1S/C7H14N2/c1-6(2)9-5-4-8-7(9)3/h6H,4-5H2,1-3H3. The number of hydrogen-bond donors (Lipinski definition) is 0. The summed E-state index contributed by atoms with van der Waals surface area (Å²) in [5.74, 6) is 1.20. The zero-order valence-electron chi connectivity index (χ0n) is 6.39. The van der Waals surface area contributed by atoms with Crippen LogP contribution in [0.4, 0.5) is 0 Å². The molecular weight excluding hydrogens is 112 g/mol. The smallest absolute Gasteiger partial charge is 0.0961 e. The monoisotopic (exact) mass is 126 g/mol. The molecule has 9 heavy (non-hydrogen) atoms. The average molecular weight is 126 g/mol. The molecule has 0 fully saturated rings. The van der Waals surface area contributed by atoms with Crippen molar-refractivity contribution in [3.63, 3.8) is 0 Å². The molecule has 1 heterocycles. The van der Waals surface area contributed by atoms with Gasteiger partial charge in [0.1, 0.15) is 0 Å². The summed E-state index contributed by atoms with van der Waals surface area (Å²) in [5.41, 5.74) is 0. The van der Waals surface area contributed by atoms with E-state index in [1.165, 1.54) is 5.84 Å². The molecule has 1 aliphatic rings. The highest BCUT2D eigenvalue weighted by atomic mass is 15.2. The maximum atomic E-state index is 4.28. The Labute approximate surface area is 56.6 Å². The second-order valence-electron chi connectivity index (χ2n) is 2.72. The Morgan fingerprint density at radius 1 is 1.56 bits per heavy atom. The zero-order chi connectivity index (χ0) is 6.85. The highest BCUT2D eigenvalue weighted by molar-refractivity contribution is 5.81. The van der Waals surface area contributed by atoms with E-state index in [2.05, 4.69) is 30.7 Å². The third-order valence-corrected chi connectivity index (χ3v) is 1.72. The lowest BCUT2D eigenvalue weighted by molar-refractivity contribution is 0.379. The summed E-state index contributed by atoms with van der Waals surface area (Å²) in [4.78, 5) is 6.60. The van der Waals surface area contributed by atoms with Crippen LogP contribution in [0.2, 0.25) is 0 Å². The molecule has 0 amide bonds. The van der Waals surface area contributed by atoms with Crippen LogP contribution in [0.3, 0.4) is 0 Å². The Balaban J connectivity index is 2.53. The first-order valence-corrected chi connectivity index (χ1v) is 3.49. The van der Waals surface area contributed by atoms with Crippen molar-refractivity contribution in [1.82, 2.24) is 4.90 Å². The minimum absolute atomic E-state index is 0.622. The minimum Gasteiger partial charge on any atom is -0.356 e. The van der Waals surface area contributed by atoms with Gasteiger partial charge in [-0.3, -0.25) is 4.99 Å². The highest BCUT2D eigenvalue weighted by Crippen LogP contribution is 2.05. The van der Waals surface area contributed by atoms with Crippen LogP contribution in [0.1, 0.15) is 20.8 Å². The highest BCUT2D eigenvalue weighted by Gasteiger charge is 2.14. The van der Waals surface area contributed by atoms with Gasteiger partial charge in [-0.25, -0.2) is 0 Å².